The minimum Gasteiger partial charge on any atom is -0.497 e. The van der Waals surface area contributed by atoms with E-state index in [0.29, 0.717) is 42.5 Å². The Kier molecular flexibility index (Phi) is 6.61. The number of benzene rings is 3. The smallest absolute Gasteiger partial charge is 0.321 e. The number of carbonyl (C=O) groups excluding carboxylic acids is 2. The number of ether oxygens (including phenoxy) is 1. The van der Waals surface area contributed by atoms with E-state index in [9.17, 15) is 9.59 Å². The lowest BCUT2D eigenvalue weighted by molar-refractivity contribution is 0.0672. The van der Waals surface area contributed by atoms with Crippen molar-refractivity contribution in [2.75, 3.05) is 38.6 Å². The summed E-state index contributed by atoms with van der Waals surface area (Å²) < 4.78 is 5.30. The number of hydrogen-bond acceptors (Lipinski definition) is 3. The zero-order valence-corrected chi connectivity index (χ0v) is 18.5. The van der Waals surface area contributed by atoms with Crippen LogP contribution < -0.4 is 10.1 Å². The number of amides is 3. The zero-order chi connectivity index (χ0) is 22.5. The first-order valence-electron chi connectivity index (χ1n) is 10.4. The van der Waals surface area contributed by atoms with Crippen LogP contribution in [0, 0.1) is 0 Å². The third kappa shape index (κ3) is 5.03. The molecule has 32 heavy (non-hydrogen) atoms. The number of methoxy groups -OCH3 is 1. The van der Waals surface area contributed by atoms with Gasteiger partial charge in [-0.15, -0.1) is 0 Å². The maximum atomic E-state index is 13.1. The van der Waals surface area contributed by atoms with Crippen LogP contribution in [-0.2, 0) is 0 Å². The van der Waals surface area contributed by atoms with Gasteiger partial charge in [0.25, 0.3) is 5.91 Å². The highest BCUT2D eigenvalue weighted by molar-refractivity contribution is 6.30. The summed E-state index contributed by atoms with van der Waals surface area (Å²) >= 11 is 5.89. The first-order valence-corrected chi connectivity index (χ1v) is 10.8. The highest BCUT2D eigenvalue weighted by atomic mass is 35.5. The van der Waals surface area contributed by atoms with Crippen LogP contribution in [0.2, 0.25) is 5.02 Å². The molecule has 0 saturated carbocycles. The van der Waals surface area contributed by atoms with Crippen molar-refractivity contribution in [1.82, 2.24) is 9.80 Å². The Hall–Kier alpha value is -3.51. The van der Waals surface area contributed by atoms with Gasteiger partial charge in [-0.3, -0.25) is 4.79 Å². The van der Waals surface area contributed by atoms with Gasteiger partial charge in [-0.2, -0.15) is 0 Å². The lowest BCUT2D eigenvalue weighted by Crippen LogP contribution is -2.51. The first-order chi connectivity index (χ1) is 15.5. The molecular weight excluding hydrogens is 426 g/mol. The van der Waals surface area contributed by atoms with E-state index in [4.69, 9.17) is 16.3 Å². The summed E-state index contributed by atoms with van der Waals surface area (Å²) in [6.45, 7) is 1.91. The van der Waals surface area contributed by atoms with E-state index in [-0.39, 0.29) is 11.9 Å². The van der Waals surface area contributed by atoms with E-state index in [1.807, 2.05) is 48.5 Å². The molecule has 1 heterocycles. The number of piperazine rings is 1. The maximum Gasteiger partial charge on any atom is 0.321 e. The number of urea groups is 1. The Balaban J connectivity index is 1.38. The van der Waals surface area contributed by atoms with Gasteiger partial charge in [0.05, 0.1) is 7.11 Å². The van der Waals surface area contributed by atoms with Crippen molar-refractivity contribution in [2.24, 2.45) is 0 Å². The molecule has 0 aliphatic carbocycles. The van der Waals surface area contributed by atoms with E-state index in [1.54, 1.807) is 41.2 Å². The second kappa shape index (κ2) is 9.75. The van der Waals surface area contributed by atoms with Gasteiger partial charge >= 0.3 is 6.03 Å². The summed E-state index contributed by atoms with van der Waals surface area (Å²) in [5, 5.41) is 3.48. The quantitative estimate of drug-likeness (QED) is 0.609. The van der Waals surface area contributed by atoms with Gasteiger partial charge in [0.2, 0.25) is 0 Å². The van der Waals surface area contributed by atoms with Crippen molar-refractivity contribution in [3.8, 4) is 16.9 Å². The Morgan fingerprint density at radius 1 is 0.844 bits per heavy atom. The van der Waals surface area contributed by atoms with Crippen molar-refractivity contribution in [1.29, 1.82) is 0 Å². The summed E-state index contributed by atoms with van der Waals surface area (Å²) in [5.41, 5.74) is 3.26. The SMILES string of the molecule is COc1cccc(-c2cccc(C(=O)N3CCN(C(=O)Nc4ccc(Cl)cc4)CC3)c2)c1. The number of anilines is 1. The topological polar surface area (TPSA) is 61.9 Å². The van der Waals surface area contributed by atoms with E-state index >= 15 is 0 Å². The first kappa shape index (κ1) is 21.7. The summed E-state index contributed by atoms with van der Waals surface area (Å²) in [7, 11) is 1.63. The Morgan fingerprint density at radius 3 is 2.16 bits per heavy atom. The van der Waals surface area contributed by atoms with Gasteiger partial charge in [0.15, 0.2) is 0 Å². The van der Waals surface area contributed by atoms with Crippen LogP contribution in [-0.4, -0.2) is 55.0 Å². The van der Waals surface area contributed by atoms with Crippen LogP contribution >= 0.6 is 11.6 Å². The monoisotopic (exact) mass is 449 g/mol. The molecule has 1 N–H and O–H groups in total. The largest absolute Gasteiger partial charge is 0.497 e. The van der Waals surface area contributed by atoms with Gasteiger partial charge < -0.3 is 19.9 Å². The Labute approximate surface area is 192 Å². The fraction of sp³-hybridized carbons (Fsp3) is 0.200. The minimum atomic E-state index is -0.181. The third-order valence-corrected chi connectivity index (χ3v) is 5.71. The number of halogens is 1. The second-order valence-electron chi connectivity index (χ2n) is 7.53. The number of nitrogens with one attached hydrogen (secondary N) is 1. The molecule has 1 aliphatic heterocycles. The van der Waals surface area contributed by atoms with E-state index < -0.39 is 0 Å². The molecular formula is C25H24ClN3O3. The molecule has 1 aliphatic rings. The highest BCUT2D eigenvalue weighted by Crippen LogP contribution is 2.25. The predicted molar refractivity (Wildman–Crippen MR) is 126 cm³/mol. The lowest BCUT2D eigenvalue weighted by atomic mass is 10.0. The van der Waals surface area contributed by atoms with Gasteiger partial charge in [-0.25, -0.2) is 4.79 Å². The number of rotatable bonds is 4. The number of nitrogens with zero attached hydrogens (tertiary/aromatic N) is 2. The molecule has 0 atom stereocenters. The van der Waals surface area contributed by atoms with Crippen LogP contribution in [0.25, 0.3) is 11.1 Å². The van der Waals surface area contributed by atoms with Gasteiger partial charge in [0.1, 0.15) is 5.75 Å². The van der Waals surface area contributed by atoms with E-state index in [2.05, 4.69) is 5.32 Å². The van der Waals surface area contributed by atoms with Crippen LogP contribution in [0.1, 0.15) is 10.4 Å². The maximum absolute atomic E-state index is 13.1. The minimum absolute atomic E-state index is 0.0347. The molecule has 0 bridgehead atoms. The van der Waals surface area contributed by atoms with E-state index in [1.165, 1.54) is 0 Å². The molecule has 3 amide bonds. The average molecular weight is 450 g/mol. The molecule has 1 saturated heterocycles. The molecule has 3 aromatic carbocycles. The molecule has 0 radical (unpaired) electrons. The fourth-order valence-electron chi connectivity index (χ4n) is 3.67. The van der Waals surface area contributed by atoms with Crippen molar-refractivity contribution in [3.05, 3.63) is 83.4 Å². The Morgan fingerprint density at radius 2 is 1.47 bits per heavy atom. The Bertz CT molecular complexity index is 1110. The molecule has 164 valence electrons. The summed E-state index contributed by atoms with van der Waals surface area (Å²) in [6, 6.07) is 22.1. The van der Waals surface area contributed by atoms with Crippen molar-refractivity contribution >= 4 is 29.2 Å². The molecule has 0 spiro atoms. The van der Waals surface area contributed by atoms with Gasteiger partial charge in [-0.1, -0.05) is 35.9 Å². The molecule has 6 nitrogen and oxygen atoms in total. The lowest BCUT2D eigenvalue weighted by Gasteiger charge is -2.34. The van der Waals surface area contributed by atoms with Crippen molar-refractivity contribution in [2.45, 2.75) is 0 Å². The van der Waals surface area contributed by atoms with Crippen molar-refractivity contribution < 1.29 is 14.3 Å². The predicted octanol–water partition coefficient (Wildman–Crippen LogP) is 5.01. The molecule has 4 rings (SSSR count). The number of hydrogen-bond donors (Lipinski definition) is 1. The van der Waals surface area contributed by atoms with Crippen LogP contribution in [0.3, 0.4) is 0 Å². The fourth-order valence-corrected chi connectivity index (χ4v) is 3.79. The summed E-state index contributed by atoms with van der Waals surface area (Å²) in [6.07, 6.45) is 0. The van der Waals surface area contributed by atoms with Crippen LogP contribution in [0.5, 0.6) is 5.75 Å². The van der Waals surface area contributed by atoms with Crippen LogP contribution in [0.4, 0.5) is 10.5 Å². The molecule has 1 fully saturated rings. The normalized spacial score (nSPS) is 13.6. The van der Waals surface area contributed by atoms with Gasteiger partial charge in [0, 0.05) is 42.5 Å². The molecule has 0 unspecified atom stereocenters. The van der Waals surface area contributed by atoms with E-state index in [0.717, 1.165) is 16.9 Å². The highest BCUT2D eigenvalue weighted by Gasteiger charge is 2.25. The molecule has 3 aromatic rings. The average Bonchev–Trinajstić information content (AvgIpc) is 2.85. The standard InChI is InChI=1S/C25H24ClN3O3/c1-32-23-7-3-5-19(17-23)18-4-2-6-20(16-18)24(30)28-12-14-29(15-13-28)25(31)27-22-10-8-21(26)9-11-22/h2-11,16-17H,12-15H2,1H3,(H,27,31). The summed E-state index contributed by atoms with van der Waals surface area (Å²) in [4.78, 5) is 29.1. The van der Waals surface area contributed by atoms with Crippen molar-refractivity contribution in [3.63, 3.8) is 0 Å². The molecule has 7 heteroatoms. The summed E-state index contributed by atoms with van der Waals surface area (Å²) in [5.74, 6) is 0.736. The zero-order valence-electron chi connectivity index (χ0n) is 17.8. The second-order valence-corrected chi connectivity index (χ2v) is 7.97. The van der Waals surface area contributed by atoms with Crippen LogP contribution in [0.15, 0.2) is 72.8 Å². The molecule has 0 aromatic heterocycles. The van der Waals surface area contributed by atoms with Gasteiger partial charge in [-0.05, 0) is 59.7 Å². The number of carbonyl (C=O) groups is 2. The third-order valence-electron chi connectivity index (χ3n) is 5.46.